The van der Waals surface area contributed by atoms with Crippen LogP contribution in [-0.4, -0.2) is 9.97 Å². The summed E-state index contributed by atoms with van der Waals surface area (Å²) in [5.41, 5.74) is 0. The van der Waals surface area contributed by atoms with Crippen LogP contribution >= 0.6 is 54.5 Å². The molecule has 0 N–H and O–H groups in total. The molecule has 9 heavy (non-hydrogen) atoms. The minimum atomic E-state index is 0.739. The van der Waals surface area contributed by atoms with Crippen LogP contribution in [0.2, 0.25) is 0 Å². The van der Waals surface area contributed by atoms with Crippen LogP contribution in [0.25, 0.3) is 0 Å². The molecule has 1 aromatic rings. The number of rotatable bonds is 0. The van der Waals surface area contributed by atoms with Crippen LogP contribution in [0, 0.1) is 3.70 Å². The molecule has 1 heterocycles. The fraction of sp³-hybridized carbons (Fsp3) is 0. The van der Waals surface area contributed by atoms with E-state index in [-0.39, 0.29) is 0 Å². The molecule has 0 aliphatic heterocycles. The van der Waals surface area contributed by atoms with Crippen molar-refractivity contribution in [2.45, 2.75) is 0 Å². The third-order valence-electron chi connectivity index (χ3n) is 0.660. The molecular formula is C4HBr2IN2. The monoisotopic (exact) mass is 362 g/mol. The lowest BCUT2D eigenvalue weighted by Gasteiger charge is -1.91. The van der Waals surface area contributed by atoms with Gasteiger partial charge in [-0.25, -0.2) is 9.97 Å². The summed E-state index contributed by atoms with van der Waals surface area (Å²) < 4.78 is 2.36. The van der Waals surface area contributed by atoms with E-state index in [2.05, 4.69) is 64.4 Å². The average Bonchev–Trinajstić information content (AvgIpc) is 1.80. The standard InChI is InChI=1S/C4HBr2IN2/c5-3-4(6)9-2(7)1-8-3/h1H. The highest BCUT2D eigenvalue weighted by Crippen LogP contribution is 2.17. The summed E-state index contributed by atoms with van der Waals surface area (Å²) in [7, 11) is 0. The Morgan fingerprint density at radius 2 is 2.00 bits per heavy atom. The fourth-order valence-electron chi connectivity index (χ4n) is 0.332. The van der Waals surface area contributed by atoms with Crippen LogP contribution in [0.5, 0.6) is 0 Å². The third kappa shape index (κ3) is 2.12. The van der Waals surface area contributed by atoms with Gasteiger partial charge in [-0.1, -0.05) is 0 Å². The maximum Gasteiger partial charge on any atom is 0.140 e. The van der Waals surface area contributed by atoms with Gasteiger partial charge < -0.3 is 0 Å². The van der Waals surface area contributed by atoms with E-state index in [9.17, 15) is 0 Å². The highest BCUT2D eigenvalue weighted by molar-refractivity contribution is 14.1. The van der Waals surface area contributed by atoms with E-state index in [4.69, 9.17) is 0 Å². The van der Waals surface area contributed by atoms with Gasteiger partial charge in [-0.3, -0.25) is 0 Å². The van der Waals surface area contributed by atoms with E-state index < -0.39 is 0 Å². The molecule has 0 radical (unpaired) electrons. The molecule has 0 amide bonds. The van der Waals surface area contributed by atoms with Crippen molar-refractivity contribution in [3.05, 3.63) is 19.1 Å². The first-order chi connectivity index (χ1) is 4.20. The molecule has 0 saturated carbocycles. The molecule has 0 saturated heterocycles. The lowest BCUT2D eigenvalue weighted by molar-refractivity contribution is 1.09. The SMILES string of the molecule is Brc1ncc(I)nc1Br. The van der Waals surface area contributed by atoms with Gasteiger partial charge >= 0.3 is 0 Å². The van der Waals surface area contributed by atoms with Crippen molar-refractivity contribution in [3.63, 3.8) is 0 Å². The first-order valence-electron chi connectivity index (χ1n) is 2.03. The Hall–Kier alpha value is 0.770. The van der Waals surface area contributed by atoms with E-state index in [1.807, 2.05) is 0 Å². The molecular weight excluding hydrogens is 363 g/mol. The highest BCUT2D eigenvalue weighted by Gasteiger charge is 1.97. The van der Waals surface area contributed by atoms with E-state index >= 15 is 0 Å². The van der Waals surface area contributed by atoms with E-state index in [0.717, 1.165) is 12.9 Å². The normalized spacial score (nSPS) is 9.67. The Morgan fingerprint density at radius 3 is 2.44 bits per heavy atom. The van der Waals surface area contributed by atoms with Gasteiger partial charge in [-0.15, -0.1) is 0 Å². The summed E-state index contributed by atoms with van der Waals surface area (Å²) in [5.74, 6) is 0. The smallest absolute Gasteiger partial charge is 0.140 e. The molecule has 0 bridgehead atoms. The van der Waals surface area contributed by atoms with Gasteiger partial charge in [0, 0.05) is 0 Å². The first kappa shape index (κ1) is 7.87. The maximum absolute atomic E-state index is 4.07. The first-order valence-corrected chi connectivity index (χ1v) is 4.70. The van der Waals surface area contributed by atoms with E-state index in [1.165, 1.54) is 0 Å². The average molecular weight is 364 g/mol. The summed E-state index contributed by atoms with van der Waals surface area (Å²) in [6.45, 7) is 0. The number of aromatic nitrogens is 2. The van der Waals surface area contributed by atoms with Crippen LogP contribution in [0.15, 0.2) is 15.4 Å². The topological polar surface area (TPSA) is 25.8 Å². The third-order valence-corrected chi connectivity index (χ3v) is 2.84. The van der Waals surface area contributed by atoms with Gasteiger partial charge in [-0.05, 0) is 54.5 Å². The number of hydrogen-bond donors (Lipinski definition) is 0. The molecule has 0 aliphatic carbocycles. The Balaban J connectivity index is 3.17. The van der Waals surface area contributed by atoms with Crippen molar-refractivity contribution in [1.29, 1.82) is 0 Å². The Labute approximate surface area is 82.9 Å². The zero-order chi connectivity index (χ0) is 6.85. The number of nitrogens with zero attached hydrogens (tertiary/aromatic N) is 2. The van der Waals surface area contributed by atoms with Crippen LogP contribution < -0.4 is 0 Å². The summed E-state index contributed by atoms with van der Waals surface area (Å²) in [6, 6.07) is 0. The second kappa shape index (κ2) is 3.25. The minimum absolute atomic E-state index is 0.739. The lowest BCUT2D eigenvalue weighted by atomic mass is 10.8. The molecule has 0 atom stereocenters. The van der Waals surface area contributed by atoms with Crippen molar-refractivity contribution >= 4 is 54.5 Å². The zero-order valence-electron chi connectivity index (χ0n) is 4.11. The molecule has 0 spiro atoms. The Morgan fingerprint density at radius 1 is 1.33 bits per heavy atom. The largest absolute Gasteiger partial charge is 0.244 e. The van der Waals surface area contributed by atoms with Gasteiger partial charge in [0.05, 0.1) is 6.20 Å². The van der Waals surface area contributed by atoms with Gasteiger partial charge in [0.15, 0.2) is 0 Å². The van der Waals surface area contributed by atoms with Gasteiger partial charge in [-0.2, -0.15) is 0 Å². The molecule has 1 aromatic heterocycles. The van der Waals surface area contributed by atoms with Crippen molar-refractivity contribution < 1.29 is 0 Å². The minimum Gasteiger partial charge on any atom is -0.244 e. The fourth-order valence-corrected chi connectivity index (χ4v) is 1.53. The zero-order valence-corrected chi connectivity index (χ0v) is 9.44. The maximum atomic E-state index is 4.07. The summed E-state index contributed by atoms with van der Waals surface area (Å²) >= 11 is 8.52. The lowest BCUT2D eigenvalue weighted by Crippen LogP contribution is -1.85. The summed E-state index contributed by atoms with van der Waals surface area (Å²) in [5, 5.41) is 0. The molecule has 5 heteroatoms. The second-order valence-electron chi connectivity index (χ2n) is 1.27. The molecule has 48 valence electrons. The molecule has 1 rings (SSSR count). The van der Waals surface area contributed by atoms with Gasteiger partial charge in [0.1, 0.15) is 12.9 Å². The Bertz CT molecular complexity index is 228. The molecule has 0 unspecified atom stereocenters. The molecule has 0 fully saturated rings. The number of halogens is 3. The quantitative estimate of drug-likeness (QED) is 0.662. The molecule has 2 nitrogen and oxygen atoms in total. The second-order valence-corrected chi connectivity index (χ2v) is 3.88. The van der Waals surface area contributed by atoms with Crippen LogP contribution in [0.3, 0.4) is 0 Å². The van der Waals surface area contributed by atoms with Crippen molar-refractivity contribution in [3.8, 4) is 0 Å². The Kier molecular flexibility index (Phi) is 2.84. The predicted molar refractivity (Wildman–Crippen MR) is 50.1 cm³/mol. The van der Waals surface area contributed by atoms with Crippen molar-refractivity contribution in [2.24, 2.45) is 0 Å². The summed E-state index contributed by atoms with van der Waals surface area (Å²) in [4.78, 5) is 8.05. The molecule has 0 aromatic carbocycles. The van der Waals surface area contributed by atoms with Crippen LogP contribution in [-0.2, 0) is 0 Å². The summed E-state index contributed by atoms with van der Waals surface area (Å²) in [6.07, 6.45) is 1.69. The van der Waals surface area contributed by atoms with Gasteiger partial charge in [0.25, 0.3) is 0 Å². The highest BCUT2D eigenvalue weighted by atomic mass is 127. The number of hydrogen-bond acceptors (Lipinski definition) is 2. The van der Waals surface area contributed by atoms with Crippen LogP contribution in [0.1, 0.15) is 0 Å². The van der Waals surface area contributed by atoms with Gasteiger partial charge in [0.2, 0.25) is 0 Å². The van der Waals surface area contributed by atoms with Crippen molar-refractivity contribution in [2.75, 3.05) is 0 Å². The van der Waals surface area contributed by atoms with E-state index in [0.29, 0.717) is 0 Å². The predicted octanol–water partition coefficient (Wildman–Crippen LogP) is 2.61. The molecule has 0 aliphatic rings. The van der Waals surface area contributed by atoms with E-state index in [1.54, 1.807) is 6.20 Å². The van der Waals surface area contributed by atoms with Crippen molar-refractivity contribution in [1.82, 2.24) is 9.97 Å². The van der Waals surface area contributed by atoms with Crippen LogP contribution in [0.4, 0.5) is 0 Å².